The van der Waals surface area contributed by atoms with Crippen LogP contribution in [0, 0.1) is 0 Å². The summed E-state index contributed by atoms with van der Waals surface area (Å²) in [5.74, 6) is 0.997. The Bertz CT molecular complexity index is 658. The molecule has 0 saturated carbocycles. The fourth-order valence-electron chi connectivity index (χ4n) is 1.57. The molecule has 3 heterocycles. The first-order chi connectivity index (χ1) is 9.33. The highest BCUT2D eigenvalue weighted by Crippen LogP contribution is 2.24. The monoisotopic (exact) mass is 274 g/mol. The fraction of sp³-hybridized carbons (Fsp3) is 0.0833. The molecule has 0 aliphatic rings. The number of H-pyrrole nitrogens is 1. The van der Waals surface area contributed by atoms with Crippen molar-refractivity contribution in [1.82, 2.24) is 20.4 Å². The van der Waals surface area contributed by atoms with Crippen LogP contribution < -0.4 is 5.32 Å². The van der Waals surface area contributed by atoms with E-state index in [1.807, 2.05) is 17.5 Å². The van der Waals surface area contributed by atoms with Crippen LogP contribution in [0.15, 0.2) is 40.5 Å². The molecule has 96 valence electrons. The third-order valence-corrected chi connectivity index (χ3v) is 3.36. The Kier molecular flexibility index (Phi) is 3.11. The van der Waals surface area contributed by atoms with Gasteiger partial charge in [-0.3, -0.25) is 4.79 Å². The van der Waals surface area contributed by atoms with Crippen molar-refractivity contribution in [1.29, 1.82) is 0 Å². The number of hydrogen-bond acceptors (Lipinski definition) is 5. The Labute approximate surface area is 112 Å². The minimum atomic E-state index is -0.289. The van der Waals surface area contributed by atoms with Gasteiger partial charge in [-0.25, -0.2) is 4.98 Å². The summed E-state index contributed by atoms with van der Waals surface area (Å²) in [5, 5.41) is 8.41. The van der Waals surface area contributed by atoms with E-state index in [1.165, 1.54) is 11.3 Å². The molecule has 0 aliphatic heterocycles. The number of aromatic amines is 1. The summed E-state index contributed by atoms with van der Waals surface area (Å²) in [7, 11) is 0. The number of aromatic nitrogens is 3. The summed E-state index contributed by atoms with van der Waals surface area (Å²) in [6, 6.07) is 5.46. The largest absolute Gasteiger partial charge is 0.355 e. The summed E-state index contributed by atoms with van der Waals surface area (Å²) >= 11 is 1.53. The summed E-state index contributed by atoms with van der Waals surface area (Å²) in [4.78, 5) is 19.7. The highest BCUT2D eigenvalue weighted by atomic mass is 32.1. The van der Waals surface area contributed by atoms with Crippen LogP contribution in [0.2, 0.25) is 0 Å². The molecule has 7 heteroatoms. The van der Waals surface area contributed by atoms with E-state index in [0.717, 1.165) is 4.88 Å². The number of thiophene rings is 1. The quantitative estimate of drug-likeness (QED) is 0.762. The Morgan fingerprint density at radius 3 is 3.21 bits per heavy atom. The van der Waals surface area contributed by atoms with E-state index in [0.29, 0.717) is 18.1 Å². The van der Waals surface area contributed by atoms with Crippen molar-refractivity contribution >= 4 is 17.2 Å². The molecule has 0 spiro atoms. The van der Waals surface area contributed by atoms with Gasteiger partial charge in [-0.1, -0.05) is 11.2 Å². The lowest BCUT2D eigenvalue weighted by Crippen LogP contribution is -2.23. The van der Waals surface area contributed by atoms with Gasteiger partial charge in [0.15, 0.2) is 11.5 Å². The highest BCUT2D eigenvalue weighted by molar-refractivity contribution is 7.13. The molecule has 2 N–H and O–H groups in total. The molecule has 19 heavy (non-hydrogen) atoms. The van der Waals surface area contributed by atoms with Crippen LogP contribution in [0.1, 0.15) is 16.3 Å². The molecule has 0 aromatic carbocycles. The van der Waals surface area contributed by atoms with E-state index in [4.69, 9.17) is 4.52 Å². The van der Waals surface area contributed by atoms with Crippen LogP contribution in [0.5, 0.6) is 0 Å². The fourth-order valence-corrected chi connectivity index (χ4v) is 2.24. The lowest BCUT2D eigenvalue weighted by atomic mass is 10.3. The van der Waals surface area contributed by atoms with Crippen molar-refractivity contribution < 1.29 is 9.32 Å². The second-order valence-corrected chi connectivity index (χ2v) is 4.72. The van der Waals surface area contributed by atoms with Gasteiger partial charge in [-0.15, -0.1) is 11.3 Å². The summed E-state index contributed by atoms with van der Waals surface area (Å²) in [6.07, 6.45) is 3.33. The Morgan fingerprint density at radius 1 is 1.53 bits per heavy atom. The predicted octanol–water partition coefficient (Wildman–Crippen LogP) is 2.06. The zero-order chi connectivity index (χ0) is 13.1. The van der Waals surface area contributed by atoms with E-state index in [2.05, 4.69) is 20.4 Å². The topological polar surface area (TPSA) is 83.8 Å². The van der Waals surface area contributed by atoms with Gasteiger partial charge >= 0.3 is 0 Å². The molecule has 0 atom stereocenters. The smallest absolute Gasteiger partial charge is 0.273 e. The van der Waals surface area contributed by atoms with Crippen molar-refractivity contribution in [3.05, 3.63) is 47.5 Å². The normalized spacial score (nSPS) is 10.5. The van der Waals surface area contributed by atoms with Crippen LogP contribution in [0.4, 0.5) is 0 Å². The van der Waals surface area contributed by atoms with Crippen molar-refractivity contribution in [2.75, 3.05) is 0 Å². The number of hydrogen-bond donors (Lipinski definition) is 2. The van der Waals surface area contributed by atoms with Crippen LogP contribution in [0.3, 0.4) is 0 Å². The van der Waals surface area contributed by atoms with Gasteiger partial charge < -0.3 is 14.8 Å². The highest BCUT2D eigenvalue weighted by Gasteiger charge is 2.14. The lowest BCUT2D eigenvalue weighted by molar-refractivity contribution is 0.0941. The number of carbonyl (C=O) groups is 1. The molecule has 3 aromatic rings. The molecule has 1 amide bonds. The Balaban J connectivity index is 1.67. The molecule has 0 fully saturated rings. The molecule has 0 bridgehead atoms. The average Bonchev–Trinajstić information content (AvgIpc) is 3.14. The lowest BCUT2D eigenvalue weighted by Gasteiger charge is -1.98. The molecule has 0 aliphatic carbocycles. The van der Waals surface area contributed by atoms with Crippen molar-refractivity contribution in [2.45, 2.75) is 6.54 Å². The summed E-state index contributed by atoms with van der Waals surface area (Å²) in [6.45, 7) is 0.326. The molecule has 6 nitrogen and oxygen atoms in total. The maximum atomic E-state index is 11.9. The van der Waals surface area contributed by atoms with Gasteiger partial charge in [-0.05, 0) is 11.4 Å². The molecule has 0 unspecified atom stereocenters. The average molecular weight is 274 g/mol. The van der Waals surface area contributed by atoms with E-state index in [9.17, 15) is 4.79 Å². The van der Waals surface area contributed by atoms with Gasteiger partial charge in [0, 0.05) is 18.5 Å². The number of rotatable bonds is 4. The van der Waals surface area contributed by atoms with Gasteiger partial charge in [0.05, 0.1) is 11.4 Å². The predicted molar refractivity (Wildman–Crippen MR) is 69.6 cm³/mol. The third kappa shape index (κ3) is 2.55. The van der Waals surface area contributed by atoms with Crippen molar-refractivity contribution in [3.63, 3.8) is 0 Å². The minimum Gasteiger partial charge on any atom is -0.355 e. The molecular weight excluding hydrogens is 264 g/mol. The Hall–Kier alpha value is -2.41. The SMILES string of the molecule is O=C(NCc1ncc[nH]1)c1cc(-c2cccs2)on1. The second-order valence-electron chi connectivity index (χ2n) is 3.77. The standard InChI is InChI=1S/C12H10N4O2S/c17-12(15-7-11-13-3-4-14-11)8-6-9(18-16-8)10-2-1-5-19-10/h1-6H,7H2,(H,13,14)(H,15,17). The number of nitrogens with one attached hydrogen (secondary N) is 2. The van der Waals surface area contributed by atoms with Crippen LogP contribution in [0.25, 0.3) is 10.6 Å². The third-order valence-electron chi connectivity index (χ3n) is 2.48. The van der Waals surface area contributed by atoms with Crippen molar-refractivity contribution in [2.24, 2.45) is 0 Å². The molecular formula is C12H10N4O2S. The molecule has 0 saturated heterocycles. The zero-order valence-electron chi connectivity index (χ0n) is 9.79. The first-order valence-electron chi connectivity index (χ1n) is 5.60. The van der Waals surface area contributed by atoms with Crippen LogP contribution in [-0.4, -0.2) is 21.0 Å². The van der Waals surface area contributed by atoms with E-state index >= 15 is 0 Å². The number of amides is 1. The first kappa shape index (κ1) is 11.7. The summed E-state index contributed by atoms with van der Waals surface area (Å²) < 4.78 is 5.14. The second kappa shape index (κ2) is 5.07. The molecule has 3 aromatic heterocycles. The maximum absolute atomic E-state index is 11.9. The van der Waals surface area contributed by atoms with Crippen LogP contribution >= 0.6 is 11.3 Å². The zero-order valence-corrected chi connectivity index (χ0v) is 10.6. The van der Waals surface area contributed by atoms with Crippen LogP contribution in [-0.2, 0) is 6.54 Å². The van der Waals surface area contributed by atoms with Gasteiger partial charge in [-0.2, -0.15) is 0 Å². The maximum Gasteiger partial charge on any atom is 0.273 e. The van der Waals surface area contributed by atoms with Crippen molar-refractivity contribution in [3.8, 4) is 10.6 Å². The van der Waals surface area contributed by atoms with E-state index in [-0.39, 0.29) is 11.6 Å². The summed E-state index contributed by atoms with van der Waals surface area (Å²) in [5.41, 5.74) is 0.259. The number of imidazole rings is 1. The Morgan fingerprint density at radius 2 is 2.47 bits per heavy atom. The first-order valence-corrected chi connectivity index (χ1v) is 6.48. The van der Waals surface area contributed by atoms with E-state index in [1.54, 1.807) is 18.5 Å². The minimum absolute atomic E-state index is 0.259. The van der Waals surface area contributed by atoms with Gasteiger partial charge in [0.1, 0.15) is 5.82 Å². The number of nitrogens with zero attached hydrogens (tertiary/aromatic N) is 2. The van der Waals surface area contributed by atoms with E-state index < -0.39 is 0 Å². The molecule has 3 rings (SSSR count). The molecule has 0 radical (unpaired) electrons. The number of carbonyl (C=O) groups excluding carboxylic acids is 1. The van der Waals surface area contributed by atoms with Gasteiger partial charge in [0.25, 0.3) is 5.91 Å². The van der Waals surface area contributed by atoms with Gasteiger partial charge in [0.2, 0.25) is 0 Å².